The first-order chi connectivity index (χ1) is 13.2. The number of ether oxygens (including phenoxy) is 2. The van der Waals surface area contributed by atoms with E-state index >= 15 is 0 Å². The Hall–Kier alpha value is -2.53. The average Bonchev–Trinajstić information content (AvgIpc) is 2.72. The van der Waals surface area contributed by atoms with Crippen LogP contribution in [0.1, 0.15) is 22.8 Å². The molecule has 0 aliphatic rings. The van der Waals surface area contributed by atoms with Crippen molar-refractivity contribution in [1.29, 1.82) is 0 Å². The molecule has 0 aromatic heterocycles. The lowest BCUT2D eigenvalue weighted by atomic mass is 10.1. The van der Waals surface area contributed by atoms with Crippen LogP contribution in [-0.4, -0.2) is 11.7 Å². The van der Waals surface area contributed by atoms with E-state index in [1.165, 1.54) is 0 Å². The minimum absolute atomic E-state index is 0.0715. The van der Waals surface area contributed by atoms with Gasteiger partial charge in [-0.15, -0.1) is 0 Å². The molecule has 27 heavy (non-hydrogen) atoms. The van der Waals surface area contributed by atoms with Gasteiger partial charge in [0, 0.05) is 12.1 Å². The first-order valence-electron chi connectivity index (χ1n) is 8.73. The van der Waals surface area contributed by atoms with E-state index in [4.69, 9.17) is 26.8 Å². The molecule has 0 spiro atoms. The molecule has 0 bridgehead atoms. The van der Waals surface area contributed by atoms with E-state index in [9.17, 15) is 5.11 Å². The third-order valence-corrected chi connectivity index (χ3v) is 4.53. The number of halogens is 1. The van der Waals surface area contributed by atoms with Crippen LogP contribution in [0.25, 0.3) is 0 Å². The first kappa shape index (κ1) is 19.2. The molecular formula is C22H22ClNO3. The van der Waals surface area contributed by atoms with Gasteiger partial charge in [-0.05, 0) is 17.2 Å². The lowest BCUT2D eigenvalue weighted by Gasteiger charge is -2.18. The van der Waals surface area contributed by atoms with Gasteiger partial charge in [-0.1, -0.05) is 78.3 Å². The van der Waals surface area contributed by atoms with Gasteiger partial charge in [0.1, 0.15) is 13.2 Å². The molecule has 3 aromatic carbocycles. The highest BCUT2D eigenvalue weighted by Crippen LogP contribution is 2.40. The monoisotopic (exact) mass is 383 g/mol. The standard InChI is InChI=1S/C22H22ClNO3/c23-21-18(19(25)13-24)11-12-20(26-14-16-7-3-1-4-8-16)22(21)27-15-17-9-5-2-6-10-17/h1-12,19,25H,13-15,24H2. The molecule has 4 nitrogen and oxygen atoms in total. The first-order valence-corrected chi connectivity index (χ1v) is 9.11. The Bertz CT molecular complexity index is 856. The normalized spacial score (nSPS) is 11.8. The molecule has 0 saturated heterocycles. The zero-order valence-corrected chi connectivity index (χ0v) is 15.6. The van der Waals surface area contributed by atoms with E-state index in [2.05, 4.69) is 0 Å². The van der Waals surface area contributed by atoms with E-state index in [1.807, 2.05) is 60.7 Å². The van der Waals surface area contributed by atoms with Crippen LogP contribution in [0.2, 0.25) is 5.02 Å². The maximum Gasteiger partial charge on any atom is 0.180 e. The highest BCUT2D eigenvalue weighted by Gasteiger charge is 2.19. The molecule has 0 fully saturated rings. The number of nitrogens with two attached hydrogens (primary N) is 1. The summed E-state index contributed by atoms with van der Waals surface area (Å²) in [7, 11) is 0. The number of aliphatic hydroxyl groups excluding tert-OH is 1. The van der Waals surface area contributed by atoms with Crippen molar-refractivity contribution in [1.82, 2.24) is 0 Å². The van der Waals surface area contributed by atoms with Gasteiger partial charge in [-0.25, -0.2) is 0 Å². The second kappa shape index (κ2) is 9.42. The molecule has 0 saturated carbocycles. The lowest BCUT2D eigenvalue weighted by molar-refractivity contribution is 0.185. The predicted octanol–water partition coefficient (Wildman–Crippen LogP) is 4.49. The van der Waals surface area contributed by atoms with Crippen molar-refractivity contribution in [3.05, 3.63) is 94.5 Å². The van der Waals surface area contributed by atoms with Crippen LogP contribution in [0.4, 0.5) is 0 Å². The van der Waals surface area contributed by atoms with E-state index < -0.39 is 6.10 Å². The van der Waals surface area contributed by atoms with E-state index in [0.717, 1.165) is 11.1 Å². The van der Waals surface area contributed by atoms with Crippen molar-refractivity contribution in [3.63, 3.8) is 0 Å². The summed E-state index contributed by atoms with van der Waals surface area (Å²) >= 11 is 6.51. The lowest BCUT2D eigenvalue weighted by Crippen LogP contribution is -2.12. The average molecular weight is 384 g/mol. The Balaban J connectivity index is 1.85. The fourth-order valence-corrected chi connectivity index (χ4v) is 2.99. The molecule has 0 aliphatic carbocycles. The third-order valence-electron chi connectivity index (χ3n) is 4.14. The van der Waals surface area contributed by atoms with Gasteiger partial charge in [-0.2, -0.15) is 0 Å². The van der Waals surface area contributed by atoms with Crippen LogP contribution in [0.3, 0.4) is 0 Å². The van der Waals surface area contributed by atoms with Gasteiger partial charge in [0.25, 0.3) is 0 Å². The Morgan fingerprint density at radius 3 is 1.93 bits per heavy atom. The van der Waals surface area contributed by atoms with Gasteiger partial charge in [-0.3, -0.25) is 0 Å². The number of hydrogen-bond acceptors (Lipinski definition) is 4. The molecule has 3 N–H and O–H groups in total. The topological polar surface area (TPSA) is 64.7 Å². The van der Waals surface area contributed by atoms with Crippen LogP contribution in [-0.2, 0) is 13.2 Å². The molecule has 5 heteroatoms. The Labute approximate surface area is 164 Å². The SMILES string of the molecule is NCC(O)c1ccc(OCc2ccccc2)c(OCc2ccccc2)c1Cl. The molecule has 0 radical (unpaired) electrons. The highest BCUT2D eigenvalue weighted by molar-refractivity contribution is 6.33. The highest BCUT2D eigenvalue weighted by atomic mass is 35.5. The van der Waals surface area contributed by atoms with Crippen LogP contribution in [0.15, 0.2) is 72.8 Å². The fraction of sp³-hybridized carbons (Fsp3) is 0.182. The van der Waals surface area contributed by atoms with E-state index in [0.29, 0.717) is 35.3 Å². The maximum atomic E-state index is 10.1. The summed E-state index contributed by atoms with van der Waals surface area (Å²) in [5.41, 5.74) is 8.15. The van der Waals surface area contributed by atoms with Gasteiger partial charge in [0.15, 0.2) is 11.5 Å². The molecule has 140 valence electrons. The largest absolute Gasteiger partial charge is 0.485 e. The molecule has 0 heterocycles. The summed E-state index contributed by atoms with van der Waals surface area (Å²) in [6, 6.07) is 23.1. The van der Waals surface area contributed by atoms with Gasteiger partial charge >= 0.3 is 0 Å². The molecule has 3 aromatic rings. The number of benzene rings is 3. The summed E-state index contributed by atoms with van der Waals surface area (Å²) in [6.45, 7) is 0.796. The summed E-state index contributed by atoms with van der Waals surface area (Å²) in [6.07, 6.45) is -0.861. The number of hydrogen-bond donors (Lipinski definition) is 2. The third kappa shape index (κ3) is 5.01. The van der Waals surface area contributed by atoms with Crippen molar-refractivity contribution >= 4 is 11.6 Å². The predicted molar refractivity (Wildman–Crippen MR) is 107 cm³/mol. The molecule has 3 rings (SSSR count). The summed E-state index contributed by atoms with van der Waals surface area (Å²) < 4.78 is 11.9. The van der Waals surface area contributed by atoms with Crippen LogP contribution >= 0.6 is 11.6 Å². The number of rotatable bonds is 8. The van der Waals surface area contributed by atoms with E-state index in [1.54, 1.807) is 12.1 Å². The van der Waals surface area contributed by atoms with Crippen LogP contribution in [0.5, 0.6) is 11.5 Å². The van der Waals surface area contributed by atoms with Crippen molar-refractivity contribution in [2.45, 2.75) is 19.3 Å². The summed E-state index contributed by atoms with van der Waals surface area (Å²) in [5, 5.41) is 10.4. The van der Waals surface area contributed by atoms with Gasteiger partial charge < -0.3 is 20.3 Å². The quantitative estimate of drug-likeness (QED) is 0.601. The van der Waals surface area contributed by atoms with Gasteiger partial charge in [0.2, 0.25) is 0 Å². The van der Waals surface area contributed by atoms with Gasteiger partial charge in [0.05, 0.1) is 11.1 Å². The zero-order chi connectivity index (χ0) is 19.1. The molecular weight excluding hydrogens is 362 g/mol. The zero-order valence-electron chi connectivity index (χ0n) is 14.8. The smallest absolute Gasteiger partial charge is 0.180 e. The molecule has 1 unspecified atom stereocenters. The van der Waals surface area contributed by atoms with Crippen molar-refractivity contribution < 1.29 is 14.6 Å². The molecule has 1 atom stereocenters. The molecule has 0 amide bonds. The Morgan fingerprint density at radius 2 is 1.37 bits per heavy atom. The Kier molecular flexibility index (Phi) is 6.71. The number of aliphatic hydroxyl groups is 1. The summed E-state index contributed by atoms with van der Waals surface area (Å²) in [4.78, 5) is 0. The van der Waals surface area contributed by atoms with Crippen LogP contribution < -0.4 is 15.2 Å². The summed E-state index contributed by atoms with van der Waals surface area (Å²) in [5.74, 6) is 0.925. The van der Waals surface area contributed by atoms with Crippen molar-refractivity contribution in [2.75, 3.05) is 6.54 Å². The Morgan fingerprint density at radius 1 is 0.815 bits per heavy atom. The second-order valence-electron chi connectivity index (χ2n) is 6.10. The van der Waals surface area contributed by atoms with E-state index in [-0.39, 0.29) is 6.54 Å². The molecule has 0 aliphatic heterocycles. The fourth-order valence-electron chi connectivity index (χ4n) is 2.65. The van der Waals surface area contributed by atoms with Crippen LogP contribution in [0, 0.1) is 0 Å². The maximum absolute atomic E-state index is 10.1. The minimum Gasteiger partial charge on any atom is -0.485 e. The second-order valence-corrected chi connectivity index (χ2v) is 6.47. The van der Waals surface area contributed by atoms with Crippen molar-refractivity contribution in [3.8, 4) is 11.5 Å². The van der Waals surface area contributed by atoms with Crippen molar-refractivity contribution in [2.24, 2.45) is 5.73 Å². The minimum atomic E-state index is -0.861.